The van der Waals surface area contributed by atoms with Gasteiger partial charge < -0.3 is 5.11 Å². The van der Waals surface area contributed by atoms with Gasteiger partial charge >= 0.3 is 0 Å². The van der Waals surface area contributed by atoms with Crippen LogP contribution in [0.4, 0.5) is 0 Å². The summed E-state index contributed by atoms with van der Waals surface area (Å²) < 4.78 is 27.8. The number of aliphatic hydroxyl groups excluding tert-OH is 1. The minimum atomic E-state index is -3.62. The molecule has 0 saturated heterocycles. The highest BCUT2D eigenvalue weighted by Crippen LogP contribution is 2.11. The number of hydrogen-bond donors (Lipinski definition) is 1. The Hall–Kier alpha value is -0.910. The van der Waals surface area contributed by atoms with Gasteiger partial charge in [0.1, 0.15) is 0 Å². The van der Waals surface area contributed by atoms with Crippen molar-refractivity contribution in [2.45, 2.75) is 17.7 Å². The van der Waals surface area contributed by atoms with Gasteiger partial charge in [0.2, 0.25) is 0 Å². The molecule has 0 amide bonds. The predicted molar refractivity (Wildman–Crippen MR) is 55.9 cm³/mol. The fraction of sp³-hybridized carbons (Fsp3) is 0.400. The summed E-state index contributed by atoms with van der Waals surface area (Å²) in [6.07, 6.45) is 1.08. The van der Waals surface area contributed by atoms with E-state index in [-0.39, 0.29) is 18.1 Å². The van der Waals surface area contributed by atoms with E-state index in [1.165, 1.54) is 12.1 Å². The number of rotatable bonds is 6. The van der Waals surface area contributed by atoms with E-state index in [0.717, 1.165) is 0 Å². The Kier molecular flexibility index (Phi) is 4.74. The van der Waals surface area contributed by atoms with Crippen LogP contribution < -0.4 is 0 Å². The molecule has 1 aromatic carbocycles. The Morgan fingerprint density at radius 2 is 1.80 bits per heavy atom. The smallest absolute Gasteiger partial charge is 0.296 e. The van der Waals surface area contributed by atoms with E-state index in [9.17, 15) is 8.42 Å². The average molecular weight is 230 g/mol. The SMILES string of the molecule is O=S(=O)(OCCCCO)c1ccccc1. The van der Waals surface area contributed by atoms with Gasteiger partial charge in [0, 0.05) is 6.61 Å². The summed E-state index contributed by atoms with van der Waals surface area (Å²) in [6, 6.07) is 8.00. The molecule has 15 heavy (non-hydrogen) atoms. The van der Waals surface area contributed by atoms with Crippen molar-refractivity contribution in [2.24, 2.45) is 0 Å². The first-order valence-corrected chi connectivity index (χ1v) is 6.13. The van der Waals surface area contributed by atoms with Crippen molar-refractivity contribution in [1.82, 2.24) is 0 Å². The molecular weight excluding hydrogens is 216 g/mol. The van der Waals surface area contributed by atoms with Crippen LogP contribution in [0.1, 0.15) is 12.8 Å². The van der Waals surface area contributed by atoms with E-state index in [0.29, 0.717) is 12.8 Å². The summed E-state index contributed by atoms with van der Waals surface area (Å²) in [5.74, 6) is 0. The zero-order valence-corrected chi connectivity index (χ0v) is 9.11. The lowest BCUT2D eigenvalue weighted by Gasteiger charge is -2.04. The molecule has 0 aliphatic carbocycles. The van der Waals surface area contributed by atoms with Crippen LogP contribution in [0, 0.1) is 0 Å². The Balaban J connectivity index is 2.53. The molecule has 0 saturated carbocycles. The number of benzene rings is 1. The third-order valence-corrected chi connectivity index (χ3v) is 3.15. The van der Waals surface area contributed by atoms with Crippen molar-refractivity contribution in [1.29, 1.82) is 0 Å². The Bertz CT molecular complexity index is 372. The van der Waals surface area contributed by atoms with Gasteiger partial charge in [-0.15, -0.1) is 0 Å². The van der Waals surface area contributed by atoms with E-state index >= 15 is 0 Å². The number of unbranched alkanes of at least 4 members (excludes halogenated alkanes) is 1. The third-order valence-electron chi connectivity index (χ3n) is 1.82. The Labute approximate surface area is 89.6 Å². The first kappa shape index (κ1) is 12.2. The lowest BCUT2D eigenvalue weighted by atomic mass is 10.3. The molecule has 0 bridgehead atoms. The zero-order valence-electron chi connectivity index (χ0n) is 8.30. The summed E-state index contributed by atoms with van der Waals surface area (Å²) in [4.78, 5) is 0.161. The minimum absolute atomic E-state index is 0.0503. The second-order valence-corrected chi connectivity index (χ2v) is 4.64. The monoisotopic (exact) mass is 230 g/mol. The minimum Gasteiger partial charge on any atom is -0.396 e. The Morgan fingerprint density at radius 1 is 1.13 bits per heavy atom. The van der Waals surface area contributed by atoms with Gasteiger partial charge in [0.25, 0.3) is 10.1 Å². The standard InChI is InChI=1S/C10H14O4S/c11-8-4-5-9-14-15(12,13)10-6-2-1-3-7-10/h1-3,6-7,11H,4-5,8-9H2. The number of hydrogen-bond acceptors (Lipinski definition) is 4. The lowest BCUT2D eigenvalue weighted by molar-refractivity contribution is 0.255. The van der Waals surface area contributed by atoms with E-state index in [1.54, 1.807) is 18.2 Å². The molecule has 0 aromatic heterocycles. The average Bonchev–Trinajstić information content (AvgIpc) is 2.26. The zero-order chi connectivity index (χ0) is 11.1. The molecule has 0 atom stereocenters. The Morgan fingerprint density at radius 3 is 2.40 bits per heavy atom. The van der Waals surface area contributed by atoms with Gasteiger partial charge in [-0.1, -0.05) is 18.2 Å². The first-order valence-electron chi connectivity index (χ1n) is 4.72. The predicted octanol–water partition coefficient (Wildman–Crippen LogP) is 1.16. The molecule has 1 aromatic rings. The molecule has 0 fully saturated rings. The summed E-state index contributed by atoms with van der Waals surface area (Å²) in [6.45, 7) is 0.159. The molecule has 0 unspecified atom stereocenters. The molecule has 4 nitrogen and oxygen atoms in total. The molecule has 0 spiro atoms. The van der Waals surface area contributed by atoms with Crippen LogP contribution in [0.5, 0.6) is 0 Å². The highest BCUT2D eigenvalue weighted by Gasteiger charge is 2.13. The topological polar surface area (TPSA) is 63.6 Å². The fourth-order valence-electron chi connectivity index (χ4n) is 1.04. The highest BCUT2D eigenvalue weighted by atomic mass is 32.2. The van der Waals surface area contributed by atoms with Gasteiger partial charge in [0.15, 0.2) is 0 Å². The van der Waals surface area contributed by atoms with Crippen LogP contribution in [0.25, 0.3) is 0 Å². The largest absolute Gasteiger partial charge is 0.396 e. The van der Waals surface area contributed by atoms with E-state index in [2.05, 4.69) is 0 Å². The molecule has 0 radical (unpaired) electrons. The molecule has 0 heterocycles. The molecule has 1 N–H and O–H groups in total. The van der Waals surface area contributed by atoms with Crippen molar-refractivity contribution >= 4 is 10.1 Å². The third kappa shape index (κ3) is 3.99. The van der Waals surface area contributed by atoms with Crippen molar-refractivity contribution < 1.29 is 17.7 Å². The van der Waals surface area contributed by atoms with Gasteiger partial charge in [-0.25, -0.2) is 0 Å². The van der Waals surface area contributed by atoms with Crippen LogP contribution in [0.15, 0.2) is 35.2 Å². The van der Waals surface area contributed by atoms with Gasteiger partial charge in [-0.2, -0.15) is 8.42 Å². The second-order valence-electron chi connectivity index (χ2n) is 3.02. The van der Waals surface area contributed by atoms with Gasteiger partial charge in [0.05, 0.1) is 11.5 Å². The van der Waals surface area contributed by atoms with Gasteiger partial charge in [-0.05, 0) is 25.0 Å². The van der Waals surface area contributed by atoms with Crippen LogP contribution in [-0.4, -0.2) is 26.7 Å². The van der Waals surface area contributed by atoms with E-state index in [1.807, 2.05) is 0 Å². The molecule has 0 aliphatic rings. The molecular formula is C10H14O4S. The second kappa shape index (κ2) is 5.85. The van der Waals surface area contributed by atoms with Crippen molar-refractivity contribution in [3.05, 3.63) is 30.3 Å². The lowest BCUT2D eigenvalue weighted by Crippen LogP contribution is -2.07. The first-order chi connectivity index (χ1) is 7.17. The quantitative estimate of drug-likeness (QED) is 0.588. The van der Waals surface area contributed by atoms with Crippen LogP contribution >= 0.6 is 0 Å². The van der Waals surface area contributed by atoms with Crippen molar-refractivity contribution in [3.63, 3.8) is 0 Å². The number of aliphatic hydroxyl groups is 1. The maximum Gasteiger partial charge on any atom is 0.296 e. The summed E-state index contributed by atoms with van der Waals surface area (Å²) in [7, 11) is -3.62. The van der Waals surface area contributed by atoms with Crippen LogP contribution in [0.2, 0.25) is 0 Å². The van der Waals surface area contributed by atoms with E-state index < -0.39 is 10.1 Å². The molecule has 84 valence electrons. The van der Waals surface area contributed by atoms with E-state index in [4.69, 9.17) is 9.29 Å². The molecule has 1 rings (SSSR count). The molecule has 0 aliphatic heterocycles. The highest BCUT2D eigenvalue weighted by molar-refractivity contribution is 7.86. The van der Waals surface area contributed by atoms with Gasteiger partial charge in [-0.3, -0.25) is 4.18 Å². The van der Waals surface area contributed by atoms with Crippen LogP contribution in [-0.2, 0) is 14.3 Å². The van der Waals surface area contributed by atoms with Crippen molar-refractivity contribution in [2.75, 3.05) is 13.2 Å². The summed E-state index contributed by atoms with van der Waals surface area (Å²) >= 11 is 0. The van der Waals surface area contributed by atoms with Crippen LogP contribution in [0.3, 0.4) is 0 Å². The molecule has 5 heteroatoms. The summed E-state index contributed by atoms with van der Waals surface area (Å²) in [5, 5.41) is 8.51. The normalized spacial score (nSPS) is 11.5. The van der Waals surface area contributed by atoms with Crippen molar-refractivity contribution in [3.8, 4) is 0 Å². The maximum absolute atomic E-state index is 11.5. The maximum atomic E-state index is 11.5. The fourth-order valence-corrected chi connectivity index (χ4v) is 2.00. The summed E-state index contributed by atoms with van der Waals surface area (Å²) in [5.41, 5.74) is 0.